The normalized spacial score (nSPS) is 11.6. The van der Waals surface area contributed by atoms with Crippen LogP contribution in [-0.2, 0) is 26.0 Å². The standard InChI is InChI=1S/C14H21NO4S/c1-4-10-15(5-2)20(17,18)13-8-6-12(7-9-13)11-14(16)19-3/h6-9H,4-5,10-11H2,1-3H3. The van der Waals surface area contributed by atoms with Crippen molar-refractivity contribution in [1.82, 2.24) is 4.31 Å². The Morgan fingerprint density at radius 2 is 1.80 bits per heavy atom. The number of hydrogen-bond donors (Lipinski definition) is 0. The van der Waals surface area contributed by atoms with Gasteiger partial charge in [-0.2, -0.15) is 4.31 Å². The monoisotopic (exact) mass is 299 g/mol. The van der Waals surface area contributed by atoms with Gasteiger partial charge >= 0.3 is 5.97 Å². The summed E-state index contributed by atoms with van der Waals surface area (Å²) in [6.45, 7) is 4.71. The van der Waals surface area contributed by atoms with E-state index in [0.29, 0.717) is 13.1 Å². The van der Waals surface area contributed by atoms with Crippen LogP contribution in [0.2, 0.25) is 0 Å². The van der Waals surface area contributed by atoms with E-state index in [1.165, 1.54) is 23.5 Å². The molecule has 0 unspecified atom stereocenters. The van der Waals surface area contributed by atoms with Crippen molar-refractivity contribution in [2.24, 2.45) is 0 Å². The minimum atomic E-state index is -3.45. The van der Waals surface area contributed by atoms with Crippen LogP contribution in [0.3, 0.4) is 0 Å². The maximum atomic E-state index is 12.4. The van der Waals surface area contributed by atoms with Crippen LogP contribution in [0.15, 0.2) is 29.2 Å². The highest BCUT2D eigenvalue weighted by atomic mass is 32.2. The topological polar surface area (TPSA) is 63.7 Å². The highest BCUT2D eigenvalue weighted by Gasteiger charge is 2.22. The third-order valence-electron chi connectivity index (χ3n) is 2.96. The van der Waals surface area contributed by atoms with Crippen molar-refractivity contribution in [2.45, 2.75) is 31.6 Å². The highest BCUT2D eigenvalue weighted by molar-refractivity contribution is 7.89. The van der Waals surface area contributed by atoms with Gasteiger partial charge in [-0.15, -0.1) is 0 Å². The van der Waals surface area contributed by atoms with E-state index < -0.39 is 10.0 Å². The third kappa shape index (κ3) is 4.05. The van der Waals surface area contributed by atoms with Crippen molar-refractivity contribution in [3.63, 3.8) is 0 Å². The molecule has 0 saturated heterocycles. The summed E-state index contributed by atoms with van der Waals surface area (Å²) >= 11 is 0. The number of sulfonamides is 1. The molecule has 112 valence electrons. The van der Waals surface area contributed by atoms with Gasteiger partial charge in [-0.25, -0.2) is 8.42 Å². The van der Waals surface area contributed by atoms with Gasteiger partial charge in [0.1, 0.15) is 0 Å². The largest absolute Gasteiger partial charge is 0.469 e. The Morgan fingerprint density at radius 3 is 2.25 bits per heavy atom. The summed E-state index contributed by atoms with van der Waals surface area (Å²) in [5.41, 5.74) is 0.731. The number of nitrogens with zero attached hydrogens (tertiary/aromatic N) is 1. The van der Waals surface area contributed by atoms with Crippen molar-refractivity contribution in [1.29, 1.82) is 0 Å². The van der Waals surface area contributed by atoms with E-state index in [1.54, 1.807) is 12.1 Å². The van der Waals surface area contributed by atoms with Gasteiger partial charge in [0.05, 0.1) is 18.4 Å². The van der Waals surface area contributed by atoms with Gasteiger partial charge in [0.15, 0.2) is 0 Å². The zero-order valence-electron chi connectivity index (χ0n) is 12.1. The van der Waals surface area contributed by atoms with Gasteiger partial charge in [-0.3, -0.25) is 4.79 Å². The summed E-state index contributed by atoms with van der Waals surface area (Å²) in [6, 6.07) is 6.35. The van der Waals surface area contributed by atoms with Crippen LogP contribution < -0.4 is 0 Å². The number of hydrogen-bond acceptors (Lipinski definition) is 4. The van der Waals surface area contributed by atoms with Crippen molar-refractivity contribution < 1.29 is 17.9 Å². The molecule has 1 rings (SSSR count). The van der Waals surface area contributed by atoms with Crippen LogP contribution >= 0.6 is 0 Å². The molecule has 0 aliphatic carbocycles. The van der Waals surface area contributed by atoms with Gasteiger partial charge in [0.2, 0.25) is 10.0 Å². The second-order valence-corrected chi connectivity index (χ2v) is 6.33. The fraction of sp³-hybridized carbons (Fsp3) is 0.500. The molecule has 0 aliphatic heterocycles. The Bertz CT molecular complexity index is 537. The number of rotatable bonds is 7. The summed E-state index contributed by atoms with van der Waals surface area (Å²) in [6.07, 6.45) is 0.913. The number of esters is 1. The molecule has 0 fully saturated rings. The zero-order chi connectivity index (χ0) is 15.2. The van der Waals surface area contributed by atoms with Crippen molar-refractivity contribution in [2.75, 3.05) is 20.2 Å². The molecule has 0 aromatic heterocycles. The molecule has 0 spiro atoms. The van der Waals surface area contributed by atoms with Gasteiger partial charge in [-0.1, -0.05) is 26.0 Å². The lowest BCUT2D eigenvalue weighted by molar-refractivity contribution is -0.139. The molecule has 1 aromatic carbocycles. The molecule has 0 heterocycles. The molecule has 0 saturated carbocycles. The van der Waals surface area contributed by atoms with Gasteiger partial charge in [0, 0.05) is 13.1 Å². The molecule has 1 aromatic rings. The number of benzene rings is 1. The van der Waals surface area contributed by atoms with Crippen LogP contribution in [0.1, 0.15) is 25.8 Å². The lowest BCUT2D eigenvalue weighted by Gasteiger charge is -2.19. The number of ether oxygens (including phenoxy) is 1. The predicted molar refractivity (Wildman–Crippen MR) is 76.9 cm³/mol. The lowest BCUT2D eigenvalue weighted by Crippen LogP contribution is -2.31. The second-order valence-electron chi connectivity index (χ2n) is 4.39. The maximum absolute atomic E-state index is 12.4. The first-order valence-electron chi connectivity index (χ1n) is 6.61. The SMILES string of the molecule is CCCN(CC)S(=O)(=O)c1ccc(CC(=O)OC)cc1. The molecule has 0 amide bonds. The quantitative estimate of drug-likeness (QED) is 0.721. The van der Waals surface area contributed by atoms with E-state index in [2.05, 4.69) is 4.74 Å². The van der Waals surface area contributed by atoms with Crippen LogP contribution in [-0.4, -0.2) is 38.9 Å². The minimum absolute atomic E-state index is 0.142. The molecule has 0 atom stereocenters. The van der Waals surface area contributed by atoms with Crippen molar-refractivity contribution in [3.8, 4) is 0 Å². The maximum Gasteiger partial charge on any atom is 0.309 e. The van der Waals surface area contributed by atoms with Crippen LogP contribution in [0.4, 0.5) is 0 Å². The average molecular weight is 299 g/mol. The Labute approximate surface area is 120 Å². The third-order valence-corrected chi connectivity index (χ3v) is 4.95. The van der Waals surface area contributed by atoms with Crippen LogP contribution in [0.5, 0.6) is 0 Å². The van der Waals surface area contributed by atoms with Crippen molar-refractivity contribution in [3.05, 3.63) is 29.8 Å². The van der Waals surface area contributed by atoms with E-state index in [1.807, 2.05) is 13.8 Å². The summed E-state index contributed by atoms with van der Waals surface area (Å²) in [5.74, 6) is -0.346. The van der Waals surface area contributed by atoms with Crippen LogP contribution in [0, 0.1) is 0 Å². The fourth-order valence-electron chi connectivity index (χ4n) is 1.86. The number of carbonyl (C=O) groups excluding carboxylic acids is 1. The number of methoxy groups -OCH3 is 1. The highest BCUT2D eigenvalue weighted by Crippen LogP contribution is 2.17. The van der Waals surface area contributed by atoms with E-state index in [9.17, 15) is 13.2 Å². The molecule has 0 bridgehead atoms. The molecule has 0 N–H and O–H groups in total. The van der Waals surface area contributed by atoms with Crippen molar-refractivity contribution >= 4 is 16.0 Å². The summed E-state index contributed by atoms with van der Waals surface area (Å²) in [4.78, 5) is 11.4. The van der Waals surface area contributed by atoms with E-state index >= 15 is 0 Å². The second kappa shape index (κ2) is 7.40. The molecule has 6 heteroatoms. The minimum Gasteiger partial charge on any atom is -0.469 e. The predicted octanol–water partition coefficient (Wildman–Crippen LogP) is 1.82. The zero-order valence-corrected chi connectivity index (χ0v) is 12.9. The fourth-order valence-corrected chi connectivity index (χ4v) is 3.41. The van der Waals surface area contributed by atoms with Gasteiger partial charge in [-0.05, 0) is 24.1 Å². The van der Waals surface area contributed by atoms with Gasteiger partial charge in [0.25, 0.3) is 0 Å². The summed E-state index contributed by atoms with van der Waals surface area (Å²) in [7, 11) is -2.12. The molecular formula is C14H21NO4S. The molecule has 0 radical (unpaired) electrons. The Balaban J connectivity index is 2.94. The van der Waals surface area contributed by atoms with E-state index in [0.717, 1.165) is 12.0 Å². The van der Waals surface area contributed by atoms with Gasteiger partial charge < -0.3 is 4.74 Å². The number of carbonyl (C=O) groups is 1. The van der Waals surface area contributed by atoms with E-state index in [4.69, 9.17) is 0 Å². The Morgan fingerprint density at radius 1 is 1.20 bits per heavy atom. The molecule has 5 nitrogen and oxygen atoms in total. The molecular weight excluding hydrogens is 278 g/mol. The Hall–Kier alpha value is -1.40. The smallest absolute Gasteiger partial charge is 0.309 e. The molecule has 0 aliphatic rings. The van der Waals surface area contributed by atoms with Crippen LogP contribution in [0.25, 0.3) is 0 Å². The summed E-state index contributed by atoms with van der Waals surface area (Å²) < 4.78 is 30.8. The molecule has 20 heavy (non-hydrogen) atoms. The summed E-state index contributed by atoms with van der Waals surface area (Å²) in [5, 5.41) is 0. The lowest BCUT2D eigenvalue weighted by atomic mass is 10.2. The van der Waals surface area contributed by atoms with E-state index in [-0.39, 0.29) is 17.3 Å². The average Bonchev–Trinajstić information content (AvgIpc) is 2.44. The Kier molecular flexibility index (Phi) is 6.16. The first-order chi connectivity index (χ1) is 9.45. The first kappa shape index (κ1) is 16.7. The first-order valence-corrected chi connectivity index (χ1v) is 8.05.